The first-order valence-electron chi connectivity index (χ1n) is 8.25. The van der Waals surface area contributed by atoms with Gasteiger partial charge in [0.2, 0.25) is 5.91 Å². The van der Waals surface area contributed by atoms with E-state index < -0.39 is 0 Å². The Hall–Kier alpha value is -1.29. The molecule has 0 radical (unpaired) electrons. The van der Waals surface area contributed by atoms with Crippen LogP contribution in [0.2, 0.25) is 0 Å². The van der Waals surface area contributed by atoms with Crippen LogP contribution in [0, 0.1) is 5.92 Å². The number of anilines is 1. The van der Waals surface area contributed by atoms with Gasteiger partial charge in [0.25, 0.3) is 0 Å². The van der Waals surface area contributed by atoms with Crippen molar-refractivity contribution in [2.75, 3.05) is 31.6 Å². The van der Waals surface area contributed by atoms with Crippen molar-refractivity contribution < 1.29 is 4.79 Å². The number of rotatable bonds is 5. The Balaban J connectivity index is 2.00. The lowest BCUT2D eigenvalue weighted by Crippen LogP contribution is -2.32. The fourth-order valence-corrected chi connectivity index (χ4v) is 3.03. The molecule has 1 N–H and O–H groups in total. The molecule has 2 heterocycles. The first-order chi connectivity index (χ1) is 10.1. The third kappa shape index (κ3) is 3.67. The topological polar surface area (TPSA) is 39.3 Å². The lowest BCUT2D eigenvalue weighted by molar-refractivity contribution is -0.121. The van der Waals surface area contributed by atoms with Gasteiger partial charge >= 0.3 is 0 Å². The highest BCUT2D eigenvalue weighted by Crippen LogP contribution is 2.30. The summed E-state index contributed by atoms with van der Waals surface area (Å²) in [5, 5.41) is 0. The normalized spacial score (nSPS) is 18.7. The van der Waals surface area contributed by atoms with Gasteiger partial charge in [-0.15, -0.1) is 0 Å². The van der Waals surface area contributed by atoms with Gasteiger partial charge in [-0.3, -0.25) is 4.79 Å². The molecule has 1 unspecified atom stereocenters. The van der Waals surface area contributed by atoms with Crippen LogP contribution in [0.15, 0.2) is 12.3 Å². The molecule has 0 aliphatic carbocycles. The summed E-state index contributed by atoms with van der Waals surface area (Å²) in [5.74, 6) is 1.82. The monoisotopic (exact) mass is 291 g/mol. The number of nitrogens with one attached hydrogen (secondary N) is 1. The molecule has 1 aromatic rings. The molecule has 1 aromatic heterocycles. The summed E-state index contributed by atoms with van der Waals surface area (Å²) >= 11 is 0. The molecule has 1 amide bonds. The van der Waals surface area contributed by atoms with Crippen molar-refractivity contribution >= 4 is 11.7 Å². The first-order valence-corrected chi connectivity index (χ1v) is 8.25. The molecule has 1 saturated heterocycles. The van der Waals surface area contributed by atoms with Gasteiger partial charge in [-0.25, -0.2) is 0 Å². The lowest BCUT2D eigenvalue weighted by atomic mass is 9.91. The quantitative estimate of drug-likeness (QED) is 0.904. The third-order valence-electron chi connectivity index (χ3n) is 4.92. The second-order valence-electron chi connectivity index (χ2n) is 6.23. The molecule has 1 atom stereocenters. The molecule has 118 valence electrons. The first kappa shape index (κ1) is 16.1. The summed E-state index contributed by atoms with van der Waals surface area (Å²) < 4.78 is 0. The number of piperidine rings is 1. The van der Waals surface area contributed by atoms with E-state index in [1.54, 1.807) is 4.90 Å². The lowest BCUT2D eigenvalue weighted by Gasteiger charge is -2.30. The van der Waals surface area contributed by atoms with Crippen LogP contribution in [0.25, 0.3) is 0 Å². The van der Waals surface area contributed by atoms with E-state index in [0.717, 1.165) is 18.8 Å². The highest BCUT2D eigenvalue weighted by atomic mass is 16.2. The van der Waals surface area contributed by atoms with Gasteiger partial charge in [-0.05, 0) is 56.4 Å². The molecule has 0 spiro atoms. The van der Waals surface area contributed by atoms with Crippen molar-refractivity contribution in [3.8, 4) is 0 Å². The number of amides is 1. The Morgan fingerprint density at radius 3 is 2.67 bits per heavy atom. The van der Waals surface area contributed by atoms with E-state index in [2.05, 4.69) is 36.0 Å². The van der Waals surface area contributed by atoms with Crippen molar-refractivity contribution in [3.05, 3.63) is 17.8 Å². The summed E-state index contributed by atoms with van der Waals surface area (Å²) in [6.07, 6.45) is 5.40. The SMILES string of the molecule is CCC(C)C(=O)N(C)c1cc(C2CCN(CC)CC2)c[nH]1. The van der Waals surface area contributed by atoms with E-state index in [1.807, 2.05) is 14.0 Å². The Labute approximate surface area is 128 Å². The Morgan fingerprint density at radius 1 is 1.43 bits per heavy atom. The van der Waals surface area contributed by atoms with Crippen molar-refractivity contribution in [2.45, 2.75) is 46.0 Å². The van der Waals surface area contributed by atoms with Gasteiger partial charge < -0.3 is 14.8 Å². The summed E-state index contributed by atoms with van der Waals surface area (Å²) in [6.45, 7) is 9.79. The molecule has 21 heavy (non-hydrogen) atoms. The van der Waals surface area contributed by atoms with Crippen LogP contribution in [0.1, 0.15) is 51.5 Å². The second-order valence-corrected chi connectivity index (χ2v) is 6.23. The van der Waals surface area contributed by atoms with E-state index in [9.17, 15) is 4.79 Å². The van der Waals surface area contributed by atoms with Gasteiger partial charge in [-0.1, -0.05) is 20.8 Å². The molecule has 0 aromatic carbocycles. The Morgan fingerprint density at radius 2 is 2.10 bits per heavy atom. The fraction of sp³-hybridized carbons (Fsp3) is 0.706. The van der Waals surface area contributed by atoms with Gasteiger partial charge in [0, 0.05) is 19.2 Å². The predicted molar refractivity (Wildman–Crippen MR) is 87.7 cm³/mol. The number of hydrogen-bond donors (Lipinski definition) is 1. The molecule has 4 heteroatoms. The second kappa shape index (κ2) is 7.12. The minimum Gasteiger partial charge on any atom is -0.348 e. The summed E-state index contributed by atoms with van der Waals surface area (Å²) in [7, 11) is 1.86. The highest BCUT2D eigenvalue weighted by molar-refractivity contribution is 5.93. The van der Waals surface area contributed by atoms with Gasteiger partial charge in [-0.2, -0.15) is 0 Å². The van der Waals surface area contributed by atoms with Crippen LogP contribution in [-0.4, -0.2) is 42.5 Å². The number of aromatic nitrogens is 1. The van der Waals surface area contributed by atoms with Crippen molar-refractivity contribution in [2.24, 2.45) is 5.92 Å². The summed E-state index contributed by atoms with van der Waals surface area (Å²) in [5.41, 5.74) is 1.35. The largest absolute Gasteiger partial charge is 0.348 e. The van der Waals surface area contributed by atoms with E-state index in [4.69, 9.17) is 0 Å². The smallest absolute Gasteiger partial charge is 0.230 e. The number of hydrogen-bond acceptors (Lipinski definition) is 2. The number of aromatic amines is 1. The molecule has 0 saturated carbocycles. The number of carbonyl (C=O) groups is 1. The third-order valence-corrected chi connectivity index (χ3v) is 4.92. The molecule has 1 aliphatic rings. The number of H-pyrrole nitrogens is 1. The van der Waals surface area contributed by atoms with E-state index in [-0.39, 0.29) is 11.8 Å². The maximum absolute atomic E-state index is 12.2. The van der Waals surface area contributed by atoms with Crippen LogP contribution < -0.4 is 4.90 Å². The Kier molecular flexibility index (Phi) is 5.45. The molecule has 1 fully saturated rings. The van der Waals surface area contributed by atoms with E-state index >= 15 is 0 Å². The van der Waals surface area contributed by atoms with Crippen molar-refractivity contribution in [1.82, 2.24) is 9.88 Å². The van der Waals surface area contributed by atoms with Crippen molar-refractivity contribution in [1.29, 1.82) is 0 Å². The zero-order valence-corrected chi connectivity index (χ0v) is 13.9. The molecule has 0 bridgehead atoms. The van der Waals surface area contributed by atoms with Crippen LogP contribution in [0.5, 0.6) is 0 Å². The van der Waals surface area contributed by atoms with Crippen LogP contribution in [-0.2, 0) is 4.79 Å². The van der Waals surface area contributed by atoms with E-state index in [1.165, 1.54) is 31.5 Å². The average Bonchev–Trinajstić information content (AvgIpc) is 3.02. The van der Waals surface area contributed by atoms with Crippen LogP contribution in [0.3, 0.4) is 0 Å². The maximum atomic E-state index is 12.2. The van der Waals surface area contributed by atoms with Crippen LogP contribution in [0.4, 0.5) is 5.82 Å². The van der Waals surface area contributed by atoms with Gasteiger partial charge in [0.05, 0.1) is 0 Å². The number of nitrogens with zero attached hydrogens (tertiary/aromatic N) is 2. The molecular weight excluding hydrogens is 262 g/mol. The zero-order valence-electron chi connectivity index (χ0n) is 13.9. The standard InChI is InChI=1S/C17H29N3O/c1-5-13(3)17(21)19(4)16-11-15(12-18-16)14-7-9-20(6-2)10-8-14/h11-14,18H,5-10H2,1-4H3. The molecule has 4 nitrogen and oxygen atoms in total. The molecule has 1 aliphatic heterocycles. The molecule has 2 rings (SSSR count). The minimum absolute atomic E-state index is 0.0783. The fourth-order valence-electron chi connectivity index (χ4n) is 3.03. The minimum atomic E-state index is 0.0783. The summed E-state index contributed by atoms with van der Waals surface area (Å²) in [6, 6.07) is 2.16. The maximum Gasteiger partial charge on any atom is 0.230 e. The van der Waals surface area contributed by atoms with Gasteiger partial charge in [0.15, 0.2) is 0 Å². The molecular formula is C17H29N3O. The number of likely N-dealkylation sites (tertiary alicyclic amines) is 1. The predicted octanol–water partition coefficient (Wildman–Crippen LogP) is 3.22. The van der Waals surface area contributed by atoms with E-state index in [0.29, 0.717) is 5.92 Å². The van der Waals surface area contributed by atoms with Gasteiger partial charge in [0.1, 0.15) is 5.82 Å². The number of carbonyl (C=O) groups excluding carboxylic acids is 1. The average molecular weight is 291 g/mol. The summed E-state index contributed by atoms with van der Waals surface area (Å²) in [4.78, 5) is 19.8. The Bertz CT molecular complexity index is 460. The highest BCUT2D eigenvalue weighted by Gasteiger charge is 2.23. The van der Waals surface area contributed by atoms with Crippen LogP contribution >= 0.6 is 0 Å². The van der Waals surface area contributed by atoms with Crippen molar-refractivity contribution in [3.63, 3.8) is 0 Å². The zero-order chi connectivity index (χ0) is 15.4.